The number of carbonyl (C=O) groups excluding carboxylic acids is 1. The maximum Gasteiger partial charge on any atom is 0.219 e. The van der Waals surface area contributed by atoms with Crippen molar-refractivity contribution in [2.75, 3.05) is 13.1 Å². The molecule has 0 radical (unpaired) electrons. The summed E-state index contributed by atoms with van der Waals surface area (Å²) in [4.78, 5) is 13.5. The number of nitrogens with one attached hydrogen (secondary N) is 1. The first kappa shape index (κ1) is 13.5. The third-order valence-electron chi connectivity index (χ3n) is 4.98. The van der Waals surface area contributed by atoms with Gasteiger partial charge in [0.25, 0.3) is 0 Å². The number of nitrogens with zero attached hydrogens (tertiary/aromatic N) is 1. The molecule has 2 bridgehead atoms. The molecule has 1 amide bonds. The highest BCUT2D eigenvalue weighted by Crippen LogP contribution is 2.37. The van der Waals surface area contributed by atoms with Gasteiger partial charge in [-0.05, 0) is 16.7 Å². The molecule has 3 nitrogen and oxygen atoms in total. The molecular weight excluding hydrogens is 272 g/mol. The largest absolute Gasteiger partial charge is 0.340 e. The molecule has 0 saturated carbocycles. The quantitative estimate of drug-likeness (QED) is 0.923. The molecule has 3 heterocycles. The second-order valence-electron chi connectivity index (χ2n) is 6.32. The van der Waals surface area contributed by atoms with Crippen molar-refractivity contribution in [3.8, 4) is 11.1 Å². The second kappa shape index (κ2) is 5.25. The molecule has 3 aliphatic heterocycles. The van der Waals surface area contributed by atoms with Gasteiger partial charge in [0.2, 0.25) is 5.91 Å². The molecule has 0 spiro atoms. The lowest BCUT2D eigenvalue weighted by Gasteiger charge is -2.54. The lowest BCUT2D eigenvalue weighted by atomic mass is 9.74. The number of piperidine rings is 1. The molecule has 1 unspecified atom stereocenters. The molecule has 112 valence electrons. The van der Waals surface area contributed by atoms with Crippen LogP contribution in [0.5, 0.6) is 0 Å². The average molecular weight is 292 g/mol. The summed E-state index contributed by atoms with van der Waals surface area (Å²) < 4.78 is 0. The molecule has 0 aromatic heterocycles. The molecular formula is C19H20N2O. The number of benzene rings is 2. The Morgan fingerprint density at radius 1 is 0.955 bits per heavy atom. The van der Waals surface area contributed by atoms with E-state index in [9.17, 15) is 4.79 Å². The molecule has 2 aromatic carbocycles. The van der Waals surface area contributed by atoms with Crippen LogP contribution in [0, 0.1) is 0 Å². The van der Waals surface area contributed by atoms with Crippen LogP contribution in [-0.2, 0) is 4.79 Å². The standard InChI is InChI=1S/C19H20N2O/c1-13(22)21-11-17-19(18(12-21)20-17)16-9-7-15(8-10-16)14-5-3-2-4-6-14/h2-10,17-20H,11-12H2,1H3/t17-,18+,19?. The number of fused-ring (bicyclic) bond motifs is 2. The van der Waals surface area contributed by atoms with Crippen molar-refractivity contribution in [1.82, 2.24) is 10.2 Å². The van der Waals surface area contributed by atoms with Gasteiger partial charge in [-0.1, -0.05) is 54.6 Å². The zero-order valence-corrected chi connectivity index (χ0v) is 12.7. The van der Waals surface area contributed by atoms with Crippen LogP contribution >= 0.6 is 0 Å². The van der Waals surface area contributed by atoms with E-state index in [1.165, 1.54) is 16.7 Å². The van der Waals surface area contributed by atoms with Crippen LogP contribution < -0.4 is 5.32 Å². The van der Waals surface area contributed by atoms with Gasteiger partial charge < -0.3 is 10.2 Å². The van der Waals surface area contributed by atoms with Gasteiger partial charge >= 0.3 is 0 Å². The van der Waals surface area contributed by atoms with Crippen LogP contribution in [0.25, 0.3) is 11.1 Å². The van der Waals surface area contributed by atoms with Crippen molar-refractivity contribution < 1.29 is 4.79 Å². The van der Waals surface area contributed by atoms with E-state index in [2.05, 4.69) is 53.8 Å². The normalized spacial score (nSPS) is 26.4. The monoisotopic (exact) mass is 292 g/mol. The highest BCUT2D eigenvalue weighted by Gasteiger charge is 2.47. The van der Waals surface area contributed by atoms with Crippen LogP contribution in [0.3, 0.4) is 0 Å². The average Bonchev–Trinajstić information content (AvgIpc) is 2.56. The lowest BCUT2D eigenvalue weighted by molar-refractivity contribution is -0.133. The highest BCUT2D eigenvalue weighted by atomic mass is 16.2. The van der Waals surface area contributed by atoms with Crippen molar-refractivity contribution in [3.63, 3.8) is 0 Å². The van der Waals surface area contributed by atoms with Gasteiger partial charge in [-0.3, -0.25) is 4.79 Å². The van der Waals surface area contributed by atoms with E-state index in [4.69, 9.17) is 0 Å². The van der Waals surface area contributed by atoms with Crippen LogP contribution in [0.15, 0.2) is 54.6 Å². The van der Waals surface area contributed by atoms with Crippen molar-refractivity contribution in [2.24, 2.45) is 0 Å². The molecule has 3 heteroatoms. The molecule has 3 saturated heterocycles. The predicted molar refractivity (Wildman–Crippen MR) is 87.6 cm³/mol. The Morgan fingerprint density at radius 2 is 1.55 bits per heavy atom. The van der Waals surface area contributed by atoms with E-state index in [0.29, 0.717) is 18.0 Å². The first-order valence-corrected chi connectivity index (χ1v) is 7.89. The molecule has 22 heavy (non-hydrogen) atoms. The third kappa shape index (κ3) is 2.22. The molecule has 3 fully saturated rings. The summed E-state index contributed by atoms with van der Waals surface area (Å²) in [6, 6.07) is 20.2. The van der Waals surface area contributed by atoms with Crippen molar-refractivity contribution >= 4 is 5.91 Å². The third-order valence-corrected chi connectivity index (χ3v) is 4.98. The first-order chi connectivity index (χ1) is 10.7. The SMILES string of the molecule is CC(=O)N1C[C@@H]2N[C@H](C1)C2c1ccc(-c2ccccc2)cc1. The number of piperazine rings is 1. The molecule has 5 rings (SSSR count). The molecule has 0 aliphatic carbocycles. The van der Waals surface area contributed by atoms with Crippen LogP contribution in [0.4, 0.5) is 0 Å². The Hall–Kier alpha value is -2.13. The van der Waals surface area contributed by atoms with Gasteiger partial charge in [0.15, 0.2) is 0 Å². The number of amides is 1. The van der Waals surface area contributed by atoms with Crippen LogP contribution in [0.2, 0.25) is 0 Å². The Balaban J connectivity index is 1.52. The van der Waals surface area contributed by atoms with Crippen LogP contribution in [-0.4, -0.2) is 36.0 Å². The van der Waals surface area contributed by atoms with E-state index in [0.717, 1.165) is 13.1 Å². The van der Waals surface area contributed by atoms with Gasteiger partial charge in [0.1, 0.15) is 0 Å². The maximum absolute atomic E-state index is 11.5. The van der Waals surface area contributed by atoms with Crippen LogP contribution in [0.1, 0.15) is 18.4 Å². The molecule has 1 N–H and O–H groups in total. The van der Waals surface area contributed by atoms with E-state index >= 15 is 0 Å². The maximum atomic E-state index is 11.5. The van der Waals surface area contributed by atoms with Gasteiger partial charge in [-0.2, -0.15) is 0 Å². The summed E-state index contributed by atoms with van der Waals surface area (Å²) in [5, 5.41) is 3.57. The summed E-state index contributed by atoms with van der Waals surface area (Å²) in [6.45, 7) is 3.32. The Morgan fingerprint density at radius 3 is 2.14 bits per heavy atom. The van der Waals surface area contributed by atoms with E-state index in [1.54, 1.807) is 6.92 Å². The summed E-state index contributed by atoms with van der Waals surface area (Å²) in [7, 11) is 0. The fourth-order valence-electron chi connectivity index (χ4n) is 3.78. The highest BCUT2D eigenvalue weighted by molar-refractivity contribution is 5.74. The fraction of sp³-hybridized carbons (Fsp3) is 0.316. The molecule has 3 atom stereocenters. The second-order valence-corrected chi connectivity index (χ2v) is 6.32. The fourth-order valence-corrected chi connectivity index (χ4v) is 3.78. The Bertz CT molecular complexity index is 668. The molecule has 2 aromatic rings. The van der Waals surface area contributed by atoms with E-state index in [1.807, 2.05) is 11.0 Å². The number of hydrogen-bond donors (Lipinski definition) is 1. The number of rotatable bonds is 2. The van der Waals surface area contributed by atoms with Gasteiger partial charge in [0, 0.05) is 38.0 Å². The minimum Gasteiger partial charge on any atom is -0.340 e. The van der Waals surface area contributed by atoms with Gasteiger partial charge in [0.05, 0.1) is 0 Å². The first-order valence-electron chi connectivity index (χ1n) is 7.89. The Labute approximate surface area is 131 Å². The predicted octanol–water partition coefficient (Wildman–Crippen LogP) is 2.64. The van der Waals surface area contributed by atoms with Gasteiger partial charge in [-0.25, -0.2) is 0 Å². The zero-order chi connectivity index (χ0) is 15.1. The summed E-state index contributed by atoms with van der Waals surface area (Å²) in [5.41, 5.74) is 3.90. The number of hydrogen-bond acceptors (Lipinski definition) is 2. The minimum atomic E-state index is 0.189. The summed E-state index contributed by atoms with van der Waals surface area (Å²) in [6.07, 6.45) is 0. The lowest BCUT2D eigenvalue weighted by Crippen LogP contribution is -2.72. The smallest absolute Gasteiger partial charge is 0.219 e. The zero-order valence-electron chi connectivity index (χ0n) is 12.7. The van der Waals surface area contributed by atoms with E-state index in [-0.39, 0.29) is 5.91 Å². The van der Waals surface area contributed by atoms with Crippen molar-refractivity contribution in [3.05, 3.63) is 60.2 Å². The number of carbonyl (C=O) groups is 1. The van der Waals surface area contributed by atoms with Crippen molar-refractivity contribution in [1.29, 1.82) is 0 Å². The van der Waals surface area contributed by atoms with Gasteiger partial charge in [-0.15, -0.1) is 0 Å². The topological polar surface area (TPSA) is 32.3 Å². The molecule has 3 aliphatic rings. The summed E-state index contributed by atoms with van der Waals surface area (Å²) in [5.74, 6) is 0.731. The minimum absolute atomic E-state index is 0.189. The van der Waals surface area contributed by atoms with Crippen molar-refractivity contribution in [2.45, 2.75) is 24.9 Å². The summed E-state index contributed by atoms with van der Waals surface area (Å²) >= 11 is 0. The van der Waals surface area contributed by atoms with E-state index < -0.39 is 0 Å². The Kier molecular flexibility index (Phi) is 3.23.